The molecule has 0 fully saturated rings. The van der Waals surface area contributed by atoms with Gasteiger partial charge >= 0.3 is 0 Å². The molecule has 0 rings (SSSR count). The number of hydrogen-bond acceptors (Lipinski definition) is 2. The lowest BCUT2D eigenvalue weighted by Gasteiger charge is -2.23. The summed E-state index contributed by atoms with van der Waals surface area (Å²) in [5.41, 5.74) is 0. The average Bonchev–Trinajstić information content (AvgIpc) is 2.20. The first-order chi connectivity index (χ1) is 7.49. The Balaban J connectivity index is 4.10. The third kappa shape index (κ3) is 6.59. The highest BCUT2D eigenvalue weighted by atomic mass is 16.2. The molecule has 0 N–H and O–H groups in total. The molecule has 0 saturated carbocycles. The molecule has 0 aliphatic heterocycles. The van der Waals surface area contributed by atoms with Gasteiger partial charge in [0.05, 0.1) is 6.54 Å². The molecule has 0 aliphatic rings. The molecule has 0 saturated heterocycles. The third-order valence-corrected chi connectivity index (χ3v) is 2.50. The van der Waals surface area contributed by atoms with Crippen molar-refractivity contribution < 1.29 is 9.59 Å². The van der Waals surface area contributed by atoms with Crippen molar-refractivity contribution in [1.29, 1.82) is 0 Å². The molecule has 94 valence electrons. The second-order valence-corrected chi connectivity index (χ2v) is 4.68. The zero-order valence-electron chi connectivity index (χ0n) is 11.1. The fraction of sp³-hybridized carbons (Fsp3) is 0.846. The highest BCUT2D eigenvalue weighted by Gasteiger charge is 2.17. The first-order valence-electron chi connectivity index (χ1n) is 6.27. The summed E-state index contributed by atoms with van der Waals surface area (Å²) in [4.78, 5) is 24.6. The zero-order chi connectivity index (χ0) is 12.6. The number of carbonyl (C=O) groups excluding carboxylic acids is 2. The van der Waals surface area contributed by atoms with E-state index in [1.165, 1.54) is 19.8 Å². The molecule has 0 heterocycles. The molecule has 0 bridgehead atoms. The van der Waals surface area contributed by atoms with Gasteiger partial charge in [0.25, 0.3) is 0 Å². The first kappa shape index (κ1) is 15.1. The number of unbranched alkanes of at least 4 members (excludes halogenated alkanes) is 3. The molecule has 0 spiro atoms. The Hall–Kier alpha value is -0.860. The van der Waals surface area contributed by atoms with Crippen LogP contribution in [-0.2, 0) is 9.59 Å². The van der Waals surface area contributed by atoms with E-state index in [9.17, 15) is 9.59 Å². The highest BCUT2D eigenvalue weighted by molar-refractivity contribution is 5.85. The molecular weight excluding hydrogens is 202 g/mol. The van der Waals surface area contributed by atoms with Crippen LogP contribution in [0.15, 0.2) is 0 Å². The van der Waals surface area contributed by atoms with Crippen LogP contribution in [0.25, 0.3) is 0 Å². The van der Waals surface area contributed by atoms with Gasteiger partial charge < -0.3 is 4.90 Å². The summed E-state index contributed by atoms with van der Waals surface area (Å²) >= 11 is 0. The number of amides is 1. The van der Waals surface area contributed by atoms with Crippen molar-refractivity contribution in [3.05, 3.63) is 0 Å². The van der Waals surface area contributed by atoms with Crippen molar-refractivity contribution in [2.75, 3.05) is 13.1 Å². The van der Waals surface area contributed by atoms with E-state index in [1.54, 1.807) is 4.90 Å². The normalized spacial score (nSPS) is 10.6. The Morgan fingerprint density at radius 2 is 1.75 bits per heavy atom. The van der Waals surface area contributed by atoms with Crippen molar-refractivity contribution in [2.45, 2.75) is 53.4 Å². The summed E-state index contributed by atoms with van der Waals surface area (Å²) in [5, 5.41) is 0. The van der Waals surface area contributed by atoms with Gasteiger partial charge in [0.15, 0.2) is 0 Å². The summed E-state index contributed by atoms with van der Waals surface area (Å²) in [6.07, 6.45) is 4.52. The maximum Gasteiger partial charge on any atom is 0.225 e. The Kier molecular flexibility index (Phi) is 7.86. The van der Waals surface area contributed by atoms with Crippen molar-refractivity contribution in [3.63, 3.8) is 0 Å². The van der Waals surface area contributed by atoms with Crippen LogP contribution in [-0.4, -0.2) is 29.7 Å². The monoisotopic (exact) mass is 227 g/mol. The van der Waals surface area contributed by atoms with Crippen molar-refractivity contribution >= 4 is 11.7 Å². The van der Waals surface area contributed by atoms with Crippen molar-refractivity contribution in [3.8, 4) is 0 Å². The quantitative estimate of drug-likeness (QED) is 0.598. The van der Waals surface area contributed by atoms with Gasteiger partial charge in [-0.3, -0.25) is 9.59 Å². The molecule has 0 atom stereocenters. The molecule has 3 nitrogen and oxygen atoms in total. The summed E-state index contributed by atoms with van der Waals surface area (Å²) in [5.74, 6) is 0.127. The van der Waals surface area contributed by atoms with Crippen LogP contribution < -0.4 is 0 Å². The summed E-state index contributed by atoms with van der Waals surface area (Å²) < 4.78 is 0. The van der Waals surface area contributed by atoms with Crippen molar-refractivity contribution in [1.82, 2.24) is 4.90 Å². The van der Waals surface area contributed by atoms with Crippen molar-refractivity contribution in [2.24, 2.45) is 5.92 Å². The average molecular weight is 227 g/mol. The van der Waals surface area contributed by atoms with Crippen LogP contribution in [0.1, 0.15) is 53.4 Å². The van der Waals surface area contributed by atoms with Crippen LogP contribution in [0.5, 0.6) is 0 Å². The van der Waals surface area contributed by atoms with Gasteiger partial charge in [0, 0.05) is 12.5 Å². The third-order valence-electron chi connectivity index (χ3n) is 2.50. The lowest BCUT2D eigenvalue weighted by atomic mass is 10.1. The molecular formula is C13H25NO2. The number of carbonyl (C=O) groups is 2. The zero-order valence-corrected chi connectivity index (χ0v) is 11.1. The van der Waals surface area contributed by atoms with Gasteiger partial charge in [-0.25, -0.2) is 0 Å². The van der Waals surface area contributed by atoms with E-state index >= 15 is 0 Å². The number of Topliss-reactive ketones (excluding diaryl/α,β-unsaturated/α-hetero) is 1. The van der Waals surface area contributed by atoms with E-state index in [2.05, 4.69) is 6.92 Å². The molecule has 0 aromatic carbocycles. The van der Waals surface area contributed by atoms with Crippen LogP contribution in [0.4, 0.5) is 0 Å². The number of nitrogens with zero attached hydrogens (tertiary/aromatic N) is 1. The van der Waals surface area contributed by atoms with E-state index in [4.69, 9.17) is 0 Å². The predicted molar refractivity (Wildman–Crippen MR) is 66.2 cm³/mol. The largest absolute Gasteiger partial charge is 0.335 e. The molecule has 1 amide bonds. The molecule has 0 radical (unpaired) electrons. The van der Waals surface area contributed by atoms with E-state index < -0.39 is 0 Å². The van der Waals surface area contributed by atoms with Gasteiger partial charge in [-0.15, -0.1) is 0 Å². The molecule has 0 aromatic rings. The van der Waals surface area contributed by atoms with E-state index in [1.807, 2.05) is 13.8 Å². The maximum absolute atomic E-state index is 11.8. The second-order valence-electron chi connectivity index (χ2n) is 4.68. The van der Waals surface area contributed by atoms with E-state index in [0.29, 0.717) is 0 Å². The highest BCUT2D eigenvalue weighted by Crippen LogP contribution is 2.06. The minimum absolute atomic E-state index is 0.0227. The van der Waals surface area contributed by atoms with Crippen LogP contribution in [0, 0.1) is 5.92 Å². The Bertz CT molecular complexity index is 224. The van der Waals surface area contributed by atoms with Gasteiger partial charge in [0.2, 0.25) is 5.91 Å². The fourth-order valence-corrected chi connectivity index (χ4v) is 1.63. The molecule has 16 heavy (non-hydrogen) atoms. The maximum atomic E-state index is 11.8. The summed E-state index contributed by atoms with van der Waals surface area (Å²) in [7, 11) is 0. The first-order valence-corrected chi connectivity index (χ1v) is 6.27. The topological polar surface area (TPSA) is 37.4 Å². The number of rotatable bonds is 8. The molecule has 0 aliphatic carbocycles. The number of hydrogen-bond donors (Lipinski definition) is 0. The predicted octanol–water partition coefficient (Wildman–Crippen LogP) is 2.64. The van der Waals surface area contributed by atoms with Gasteiger partial charge in [0.1, 0.15) is 5.78 Å². The van der Waals surface area contributed by atoms with Crippen LogP contribution in [0.3, 0.4) is 0 Å². The van der Waals surface area contributed by atoms with Gasteiger partial charge in [-0.05, 0) is 13.3 Å². The van der Waals surface area contributed by atoms with Crippen LogP contribution in [0.2, 0.25) is 0 Å². The summed E-state index contributed by atoms with van der Waals surface area (Å²) in [6.45, 7) is 8.43. The van der Waals surface area contributed by atoms with E-state index in [-0.39, 0.29) is 24.2 Å². The second kappa shape index (κ2) is 8.31. The minimum Gasteiger partial charge on any atom is -0.335 e. The minimum atomic E-state index is -0.0227. The van der Waals surface area contributed by atoms with Gasteiger partial charge in [-0.1, -0.05) is 40.0 Å². The molecule has 3 heteroatoms. The Morgan fingerprint density at radius 1 is 1.12 bits per heavy atom. The number of ketones is 1. The molecule has 0 unspecified atom stereocenters. The fourth-order valence-electron chi connectivity index (χ4n) is 1.63. The summed E-state index contributed by atoms with van der Waals surface area (Å²) in [6, 6.07) is 0. The Morgan fingerprint density at radius 3 is 2.19 bits per heavy atom. The Labute approximate surface area is 99.2 Å². The standard InChI is InChI=1S/C13H25NO2/c1-5-6-7-8-9-14(10-12(4)15)13(16)11(2)3/h11H,5-10H2,1-4H3. The lowest BCUT2D eigenvalue weighted by molar-refractivity contribution is -0.137. The van der Waals surface area contributed by atoms with E-state index in [0.717, 1.165) is 19.4 Å². The van der Waals surface area contributed by atoms with Gasteiger partial charge in [-0.2, -0.15) is 0 Å². The SMILES string of the molecule is CCCCCCN(CC(C)=O)C(=O)C(C)C. The smallest absolute Gasteiger partial charge is 0.225 e. The lowest BCUT2D eigenvalue weighted by Crippen LogP contribution is -2.38. The van der Waals surface area contributed by atoms with Crippen LogP contribution >= 0.6 is 0 Å². The molecule has 0 aromatic heterocycles.